The topological polar surface area (TPSA) is 68.3 Å². The van der Waals surface area contributed by atoms with Crippen molar-refractivity contribution in [2.75, 3.05) is 6.61 Å². The van der Waals surface area contributed by atoms with Crippen LogP contribution in [0.3, 0.4) is 0 Å². The third-order valence-corrected chi connectivity index (χ3v) is 3.24. The second kappa shape index (κ2) is 6.39. The molecule has 0 atom stereocenters. The molecule has 6 nitrogen and oxygen atoms in total. The van der Waals surface area contributed by atoms with Gasteiger partial charge in [-0.15, -0.1) is 10.2 Å². The van der Waals surface area contributed by atoms with E-state index >= 15 is 0 Å². The number of nitrogens with zero attached hydrogens (tertiary/aromatic N) is 4. The number of carbonyl (C=O) groups excluding carboxylic acids is 1. The van der Waals surface area contributed by atoms with Crippen LogP contribution in [0.5, 0.6) is 0 Å². The lowest BCUT2D eigenvalue weighted by molar-refractivity contribution is 0.0521. The van der Waals surface area contributed by atoms with E-state index < -0.39 is 5.97 Å². The van der Waals surface area contributed by atoms with Gasteiger partial charge in [0, 0.05) is 6.20 Å². The van der Waals surface area contributed by atoms with Crippen molar-refractivity contribution < 1.29 is 9.53 Å². The fourth-order valence-electron chi connectivity index (χ4n) is 2.21. The number of hydrogen-bond donors (Lipinski definition) is 0. The second-order valence-electron chi connectivity index (χ2n) is 4.97. The highest BCUT2D eigenvalue weighted by molar-refractivity contribution is 5.93. The molecule has 116 valence electrons. The summed E-state index contributed by atoms with van der Waals surface area (Å²) in [5, 5.41) is 8.45. The predicted molar refractivity (Wildman–Crippen MR) is 86.5 cm³/mol. The molecule has 1 aromatic carbocycles. The highest BCUT2D eigenvalue weighted by Crippen LogP contribution is 2.25. The first kappa shape index (κ1) is 14.9. The molecule has 0 radical (unpaired) electrons. The van der Waals surface area contributed by atoms with Gasteiger partial charge in [0.2, 0.25) is 0 Å². The molecule has 3 aromatic rings. The first-order chi connectivity index (χ1) is 11.2. The summed E-state index contributed by atoms with van der Waals surface area (Å²) in [7, 11) is 0. The minimum atomic E-state index is -0.505. The van der Waals surface area contributed by atoms with E-state index in [1.807, 2.05) is 43.3 Å². The lowest BCUT2D eigenvalue weighted by Crippen LogP contribution is -2.05. The lowest BCUT2D eigenvalue weighted by Gasteiger charge is -1.99. The molecular formula is C17H16N4O2. The minimum absolute atomic E-state index is 0.162. The number of benzene rings is 1. The van der Waals surface area contributed by atoms with E-state index in [1.165, 1.54) is 0 Å². The van der Waals surface area contributed by atoms with Gasteiger partial charge in [-0.1, -0.05) is 18.2 Å². The van der Waals surface area contributed by atoms with Crippen molar-refractivity contribution in [3.8, 4) is 0 Å². The smallest absolute Gasteiger partial charge is 0.360 e. The lowest BCUT2D eigenvalue weighted by atomic mass is 10.2. The van der Waals surface area contributed by atoms with Gasteiger partial charge in [-0.05, 0) is 43.7 Å². The van der Waals surface area contributed by atoms with Gasteiger partial charge in [0.15, 0.2) is 11.5 Å². The Balaban J connectivity index is 2.07. The van der Waals surface area contributed by atoms with Crippen LogP contribution >= 0.6 is 0 Å². The Morgan fingerprint density at radius 3 is 2.87 bits per heavy atom. The molecule has 0 aliphatic carbocycles. The Bertz CT molecular complexity index is 883. The van der Waals surface area contributed by atoms with Gasteiger partial charge in [0.1, 0.15) is 5.65 Å². The number of carbonyl (C=O) groups is 1. The summed E-state index contributed by atoms with van der Waals surface area (Å²) in [5.41, 5.74) is 2.58. The highest BCUT2D eigenvalue weighted by Gasteiger charge is 2.20. The van der Waals surface area contributed by atoms with Crippen molar-refractivity contribution in [2.24, 2.45) is 10.2 Å². The molecule has 2 heterocycles. The number of pyridine rings is 1. The Labute approximate surface area is 133 Å². The number of azo groups is 1. The molecule has 0 amide bonds. The van der Waals surface area contributed by atoms with Gasteiger partial charge >= 0.3 is 5.97 Å². The van der Waals surface area contributed by atoms with Gasteiger partial charge in [0.05, 0.1) is 12.3 Å². The second-order valence-corrected chi connectivity index (χ2v) is 4.97. The molecule has 0 spiro atoms. The van der Waals surface area contributed by atoms with Crippen LogP contribution < -0.4 is 0 Å². The maximum atomic E-state index is 12.1. The molecule has 23 heavy (non-hydrogen) atoms. The van der Waals surface area contributed by atoms with E-state index in [1.54, 1.807) is 23.6 Å². The molecule has 0 saturated carbocycles. The fourth-order valence-corrected chi connectivity index (χ4v) is 2.21. The Morgan fingerprint density at radius 1 is 1.22 bits per heavy atom. The summed E-state index contributed by atoms with van der Waals surface area (Å²) in [6.45, 7) is 4.01. The van der Waals surface area contributed by atoms with Crippen molar-refractivity contribution in [2.45, 2.75) is 13.8 Å². The van der Waals surface area contributed by atoms with Crippen molar-refractivity contribution in [1.29, 1.82) is 0 Å². The van der Waals surface area contributed by atoms with Crippen LogP contribution in [0.2, 0.25) is 0 Å². The van der Waals surface area contributed by atoms with Crippen LogP contribution in [0.25, 0.3) is 5.65 Å². The van der Waals surface area contributed by atoms with Gasteiger partial charge in [-0.3, -0.25) is 4.40 Å². The van der Waals surface area contributed by atoms with Crippen LogP contribution in [0.1, 0.15) is 23.0 Å². The summed E-state index contributed by atoms with van der Waals surface area (Å²) in [5.74, 6) is -0.144. The molecule has 0 N–H and O–H groups in total. The van der Waals surface area contributed by atoms with Crippen LogP contribution in [0.15, 0.2) is 58.9 Å². The molecule has 0 aliphatic heterocycles. The maximum Gasteiger partial charge on any atom is 0.360 e. The Morgan fingerprint density at radius 2 is 2.09 bits per heavy atom. The molecule has 6 heteroatoms. The number of ether oxygens (including phenoxy) is 1. The number of aromatic nitrogens is 2. The third kappa shape index (κ3) is 3.11. The minimum Gasteiger partial charge on any atom is -0.461 e. The Hall–Kier alpha value is -3.02. The molecule has 2 aromatic heterocycles. The van der Waals surface area contributed by atoms with Crippen LogP contribution in [0.4, 0.5) is 11.5 Å². The molecule has 3 rings (SSSR count). The normalized spacial score (nSPS) is 11.2. The standard InChI is InChI=1S/C17H16N4O2/c1-3-23-17(22)15-16(21-10-5-4-9-14(21)18-15)20-19-13-8-6-7-12(2)11-13/h4-11H,3H2,1-2H3. The first-order valence-electron chi connectivity index (χ1n) is 7.31. The molecule has 0 saturated heterocycles. The van der Waals surface area contributed by atoms with E-state index in [9.17, 15) is 4.79 Å². The quantitative estimate of drug-likeness (QED) is 0.535. The van der Waals surface area contributed by atoms with Crippen LogP contribution in [-0.2, 0) is 4.74 Å². The van der Waals surface area contributed by atoms with E-state index in [0.29, 0.717) is 17.2 Å². The summed E-state index contributed by atoms with van der Waals surface area (Å²) in [6.07, 6.45) is 1.79. The van der Waals surface area contributed by atoms with E-state index in [2.05, 4.69) is 15.2 Å². The summed E-state index contributed by atoms with van der Waals surface area (Å²) >= 11 is 0. The molecule has 0 aliphatic rings. The first-order valence-corrected chi connectivity index (χ1v) is 7.31. The highest BCUT2D eigenvalue weighted by atomic mass is 16.5. The van der Waals surface area contributed by atoms with Crippen LogP contribution in [0, 0.1) is 6.92 Å². The monoisotopic (exact) mass is 308 g/mol. The molecule has 0 bridgehead atoms. The number of hydrogen-bond acceptors (Lipinski definition) is 5. The van der Waals surface area contributed by atoms with Crippen molar-refractivity contribution in [3.63, 3.8) is 0 Å². The van der Waals surface area contributed by atoms with Gasteiger partial charge in [-0.2, -0.15) is 0 Å². The van der Waals surface area contributed by atoms with Crippen molar-refractivity contribution >= 4 is 23.1 Å². The average molecular weight is 308 g/mol. The zero-order valence-electron chi connectivity index (χ0n) is 12.9. The number of fused-ring (bicyclic) bond motifs is 1. The summed E-state index contributed by atoms with van der Waals surface area (Å²) < 4.78 is 6.77. The molecular weight excluding hydrogens is 292 g/mol. The fraction of sp³-hybridized carbons (Fsp3) is 0.176. The predicted octanol–water partition coefficient (Wildman–Crippen LogP) is 4.23. The van der Waals surface area contributed by atoms with Gasteiger partial charge in [0.25, 0.3) is 0 Å². The Kier molecular flexibility index (Phi) is 4.14. The van der Waals surface area contributed by atoms with Crippen molar-refractivity contribution in [3.05, 3.63) is 59.9 Å². The number of esters is 1. The van der Waals surface area contributed by atoms with Crippen LogP contribution in [-0.4, -0.2) is 22.0 Å². The molecule has 0 unspecified atom stereocenters. The SMILES string of the molecule is CCOC(=O)c1nc2ccccn2c1N=Nc1cccc(C)c1. The average Bonchev–Trinajstić information content (AvgIpc) is 2.92. The zero-order valence-corrected chi connectivity index (χ0v) is 12.9. The third-order valence-electron chi connectivity index (χ3n) is 3.24. The summed E-state index contributed by atoms with van der Waals surface area (Å²) in [6, 6.07) is 13.1. The van der Waals surface area contributed by atoms with Gasteiger partial charge < -0.3 is 4.74 Å². The summed E-state index contributed by atoms with van der Waals surface area (Å²) in [4.78, 5) is 16.4. The number of imidazole rings is 1. The maximum absolute atomic E-state index is 12.1. The molecule has 0 fully saturated rings. The largest absolute Gasteiger partial charge is 0.461 e. The van der Waals surface area contributed by atoms with E-state index in [4.69, 9.17) is 4.74 Å². The number of rotatable bonds is 4. The van der Waals surface area contributed by atoms with Gasteiger partial charge in [-0.25, -0.2) is 9.78 Å². The van der Waals surface area contributed by atoms with Crippen molar-refractivity contribution in [1.82, 2.24) is 9.38 Å². The zero-order chi connectivity index (χ0) is 16.2. The number of aryl methyl sites for hydroxylation is 1. The van der Waals surface area contributed by atoms with E-state index in [0.717, 1.165) is 5.56 Å². The van der Waals surface area contributed by atoms with E-state index in [-0.39, 0.29) is 12.3 Å².